The summed E-state index contributed by atoms with van der Waals surface area (Å²) in [5.74, 6) is 1.17. The zero-order chi connectivity index (χ0) is 23.2. The monoisotopic (exact) mass is 474 g/mol. The van der Waals surface area contributed by atoms with Crippen molar-refractivity contribution in [3.05, 3.63) is 33.5 Å². The van der Waals surface area contributed by atoms with Crippen LogP contribution in [0.15, 0.2) is 17.9 Å². The number of hydrogen-bond acceptors (Lipinski definition) is 7. The second-order valence-electron chi connectivity index (χ2n) is 9.22. The molecule has 0 aromatic carbocycles. The van der Waals surface area contributed by atoms with E-state index in [2.05, 4.69) is 20.8 Å². The molecule has 0 atom stereocenters. The van der Waals surface area contributed by atoms with Gasteiger partial charge in [0.2, 0.25) is 5.91 Å². The second-order valence-corrected chi connectivity index (χ2v) is 10.3. The molecule has 8 heteroatoms. The quantitative estimate of drug-likeness (QED) is 0.405. The van der Waals surface area contributed by atoms with Gasteiger partial charge in [0, 0.05) is 69.3 Å². The molecular weight excluding hydrogens is 436 g/mol. The molecule has 3 heterocycles. The normalized spacial score (nSPS) is 21.1. The minimum atomic E-state index is 0.274. The van der Waals surface area contributed by atoms with Crippen LogP contribution in [0, 0.1) is 0 Å². The maximum atomic E-state index is 13.0. The zero-order valence-corrected chi connectivity index (χ0v) is 21.2. The zero-order valence-electron chi connectivity index (χ0n) is 20.3. The molecule has 0 unspecified atom stereocenters. The smallest absolute Gasteiger partial charge is 0.236 e. The minimum Gasteiger partial charge on any atom is -0.501 e. The Balaban J connectivity index is 1.33. The fraction of sp³-hybridized carbons (Fsp3) is 0.680. The molecule has 182 valence electrons. The molecule has 0 spiro atoms. The van der Waals surface area contributed by atoms with Crippen LogP contribution in [-0.4, -0.2) is 91.7 Å². The summed E-state index contributed by atoms with van der Waals surface area (Å²) in [5, 5.41) is 1.03. The molecule has 1 saturated heterocycles. The van der Waals surface area contributed by atoms with Crippen LogP contribution in [0.5, 0.6) is 0 Å². The maximum Gasteiger partial charge on any atom is 0.236 e. The van der Waals surface area contributed by atoms with Gasteiger partial charge in [0.15, 0.2) is 0 Å². The predicted molar refractivity (Wildman–Crippen MR) is 132 cm³/mol. The van der Waals surface area contributed by atoms with Crippen LogP contribution in [0.25, 0.3) is 5.57 Å². The lowest BCUT2D eigenvalue weighted by atomic mass is 9.91. The van der Waals surface area contributed by atoms with Crippen molar-refractivity contribution in [3.8, 4) is 0 Å². The molecule has 0 radical (unpaired) electrons. The summed E-state index contributed by atoms with van der Waals surface area (Å²) in [6.45, 7) is 8.62. The highest BCUT2D eigenvalue weighted by molar-refractivity contribution is 7.12. The fourth-order valence-corrected chi connectivity index (χ4v) is 6.01. The highest BCUT2D eigenvalue weighted by Gasteiger charge is 2.30. The van der Waals surface area contributed by atoms with Gasteiger partial charge >= 0.3 is 0 Å². The van der Waals surface area contributed by atoms with Gasteiger partial charge < -0.3 is 14.4 Å². The van der Waals surface area contributed by atoms with Crippen LogP contribution in [0.2, 0.25) is 0 Å². The molecule has 1 amide bonds. The maximum absolute atomic E-state index is 13.0. The van der Waals surface area contributed by atoms with Gasteiger partial charge in [-0.3, -0.25) is 14.6 Å². The van der Waals surface area contributed by atoms with E-state index in [1.165, 1.54) is 29.8 Å². The van der Waals surface area contributed by atoms with Gasteiger partial charge in [-0.25, -0.2) is 4.98 Å². The first-order chi connectivity index (χ1) is 16.1. The van der Waals surface area contributed by atoms with Crippen molar-refractivity contribution in [2.75, 3.05) is 60.1 Å². The van der Waals surface area contributed by atoms with Gasteiger partial charge in [-0.15, -0.1) is 11.3 Å². The Kier molecular flexibility index (Phi) is 8.57. The van der Waals surface area contributed by atoms with E-state index in [0.717, 1.165) is 74.5 Å². The first-order valence-electron chi connectivity index (χ1n) is 12.2. The number of piperazine rings is 1. The summed E-state index contributed by atoms with van der Waals surface area (Å²) in [6, 6.07) is 0.777. The average molecular weight is 475 g/mol. The molecule has 1 aliphatic carbocycles. The molecule has 3 aliphatic rings. The Bertz CT molecular complexity index is 869. The van der Waals surface area contributed by atoms with E-state index in [-0.39, 0.29) is 5.91 Å². The molecule has 2 aliphatic heterocycles. The number of thiazole rings is 1. The summed E-state index contributed by atoms with van der Waals surface area (Å²) in [5.41, 5.74) is 2.30. The third-order valence-corrected chi connectivity index (χ3v) is 8.31. The van der Waals surface area contributed by atoms with Crippen molar-refractivity contribution in [3.63, 3.8) is 0 Å². The number of nitrogens with zero attached hydrogens (tertiary/aromatic N) is 4. The number of hydrogen-bond donors (Lipinski definition) is 0. The highest BCUT2D eigenvalue weighted by Crippen LogP contribution is 2.33. The van der Waals surface area contributed by atoms with Crippen molar-refractivity contribution < 1.29 is 14.3 Å². The Hall–Kier alpha value is -1.74. The van der Waals surface area contributed by atoms with E-state index >= 15 is 0 Å². The SMILES string of the molecule is COC/C=C\C/C(=C(\C)OC)c1nc2c(s1)CN(CC(=O)N1CCN(C3CCC3)CC1)CC2. The molecular formula is C25H38N4O3S. The Morgan fingerprint density at radius 2 is 1.94 bits per heavy atom. The lowest BCUT2D eigenvalue weighted by molar-refractivity contribution is -0.135. The van der Waals surface area contributed by atoms with Crippen molar-refractivity contribution in [2.45, 2.75) is 51.6 Å². The van der Waals surface area contributed by atoms with Gasteiger partial charge in [-0.1, -0.05) is 18.6 Å². The molecule has 0 N–H and O–H groups in total. The molecule has 1 saturated carbocycles. The van der Waals surface area contributed by atoms with Crippen LogP contribution in [0.1, 0.15) is 48.2 Å². The number of rotatable bonds is 9. The summed E-state index contributed by atoms with van der Waals surface area (Å²) in [4.78, 5) is 26.1. The number of carbonyl (C=O) groups is 1. The molecule has 1 aromatic heterocycles. The number of allylic oxidation sites excluding steroid dienone is 3. The van der Waals surface area contributed by atoms with E-state index in [9.17, 15) is 4.79 Å². The highest BCUT2D eigenvalue weighted by atomic mass is 32.1. The molecule has 2 fully saturated rings. The third-order valence-electron chi connectivity index (χ3n) is 7.17. The second kappa shape index (κ2) is 11.6. The average Bonchev–Trinajstić information content (AvgIpc) is 3.21. The van der Waals surface area contributed by atoms with E-state index in [4.69, 9.17) is 14.5 Å². The largest absolute Gasteiger partial charge is 0.501 e. The van der Waals surface area contributed by atoms with Crippen LogP contribution in [-0.2, 0) is 27.2 Å². The first kappa shape index (κ1) is 24.4. The van der Waals surface area contributed by atoms with Crippen molar-refractivity contribution in [1.82, 2.24) is 19.7 Å². The standard InChI is InChI=1S/C25H38N4O3S/c1-19(32-3)21(9-4-5-16-31-2)25-26-22-10-11-27(17-23(22)33-25)18-24(30)29-14-12-28(13-15-29)20-7-6-8-20/h4-5,20H,6-18H2,1-3H3/b5-4-,21-19-. The van der Waals surface area contributed by atoms with Gasteiger partial charge in [0.05, 0.1) is 31.7 Å². The summed E-state index contributed by atoms with van der Waals surface area (Å²) in [7, 11) is 3.41. The van der Waals surface area contributed by atoms with Crippen molar-refractivity contribution >= 4 is 22.8 Å². The number of fused-ring (bicyclic) bond motifs is 1. The van der Waals surface area contributed by atoms with Crippen LogP contribution >= 0.6 is 11.3 Å². The van der Waals surface area contributed by atoms with Crippen LogP contribution in [0.3, 0.4) is 0 Å². The van der Waals surface area contributed by atoms with Crippen molar-refractivity contribution in [2.24, 2.45) is 0 Å². The lowest BCUT2D eigenvalue weighted by Crippen LogP contribution is -2.55. The Morgan fingerprint density at radius 1 is 1.15 bits per heavy atom. The number of amides is 1. The third kappa shape index (κ3) is 6.04. The lowest BCUT2D eigenvalue weighted by Gasteiger charge is -2.43. The van der Waals surface area contributed by atoms with E-state index < -0.39 is 0 Å². The van der Waals surface area contributed by atoms with E-state index in [1.807, 2.05) is 13.0 Å². The fourth-order valence-electron chi connectivity index (χ4n) is 4.76. The van der Waals surface area contributed by atoms with E-state index in [1.54, 1.807) is 25.6 Å². The summed E-state index contributed by atoms with van der Waals surface area (Å²) in [6.07, 6.45) is 9.84. The number of carbonyl (C=O) groups excluding carboxylic acids is 1. The van der Waals surface area contributed by atoms with Crippen molar-refractivity contribution in [1.29, 1.82) is 0 Å². The predicted octanol–water partition coefficient (Wildman–Crippen LogP) is 3.17. The van der Waals surface area contributed by atoms with Crippen LogP contribution < -0.4 is 0 Å². The van der Waals surface area contributed by atoms with Gasteiger partial charge in [-0.2, -0.15) is 0 Å². The minimum absolute atomic E-state index is 0.274. The van der Waals surface area contributed by atoms with E-state index in [0.29, 0.717) is 13.2 Å². The van der Waals surface area contributed by atoms with Crippen LogP contribution in [0.4, 0.5) is 0 Å². The Labute approximate surface area is 202 Å². The molecule has 4 rings (SSSR count). The number of aromatic nitrogens is 1. The van der Waals surface area contributed by atoms with Gasteiger partial charge in [0.1, 0.15) is 5.01 Å². The van der Waals surface area contributed by atoms with Gasteiger partial charge in [-0.05, 0) is 26.2 Å². The summed E-state index contributed by atoms with van der Waals surface area (Å²) >= 11 is 1.74. The van der Waals surface area contributed by atoms with Gasteiger partial charge in [0.25, 0.3) is 0 Å². The summed E-state index contributed by atoms with van der Waals surface area (Å²) < 4.78 is 10.7. The molecule has 1 aromatic rings. The topological polar surface area (TPSA) is 58.1 Å². The number of methoxy groups -OCH3 is 2. The first-order valence-corrected chi connectivity index (χ1v) is 13.0. The number of ether oxygens (including phenoxy) is 2. The molecule has 7 nitrogen and oxygen atoms in total. The molecule has 33 heavy (non-hydrogen) atoms. The molecule has 0 bridgehead atoms. The Morgan fingerprint density at radius 3 is 2.61 bits per heavy atom.